The van der Waals surface area contributed by atoms with Crippen molar-refractivity contribution in [3.63, 3.8) is 0 Å². The quantitative estimate of drug-likeness (QED) is 0.259. The number of amides is 1. The number of hydrogen-bond donors (Lipinski definition) is 6. The Hall–Kier alpha value is -3.00. The van der Waals surface area contributed by atoms with Crippen molar-refractivity contribution in [2.45, 2.75) is 44.6 Å². The number of hydrogen-bond acceptors (Lipinski definition) is 6. The molecule has 7 nitrogen and oxygen atoms in total. The summed E-state index contributed by atoms with van der Waals surface area (Å²) in [6.45, 7) is 7.30. The number of phenols is 2. The third kappa shape index (κ3) is 5.08. The number of nitrogens with one attached hydrogen (secondary N) is 3. The summed E-state index contributed by atoms with van der Waals surface area (Å²) in [5.41, 5.74) is 1.05. The van der Waals surface area contributed by atoms with Crippen molar-refractivity contribution in [2.24, 2.45) is 0 Å². The van der Waals surface area contributed by atoms with Gasteiger partial charge in [-0.1, -0.05) is 13.8 Å². The third-order valence-corrected chi connectivity index (χ3v) is 4.51. The molecular weight excluding hydrogens is 388 g/mol. The van der Waals surface area contributed by atoms with Gasteiger partial charge in [-0.05, 0) is 55.7 Å². The van der Waals surface area contributed by atoms with E-state index in [1.807, 2.05) is 13.8 Å². The van der Waals surface area contributed by atoms with Gasteiger partial charge in [0, 0.05) is 22.7 Å². The minimum atomic E-state index is -0.651. The normalized spacial score (nSPS) is 10.9. The molecule has 29 heavy (non-hydrogen) atoms. The summed E-state index contributed by atoms with van der Waals surface area (Å²) in [7, 11) is 0. The molecule has 0 heterocycles. The van der Waals surface area contributed by atoms with E-state index in [9.17, 15) is 15.0 Å². The van der Waals surface area contributed by atoms with Gasteiger partial charge in [-0.25, -0.2) is 0 Å². The molecule has 0 aromatic heterocycles. The number of carbonyl (C=O) groups excluding carboxylic acids is 1. The van der Waals surface area contributed by atoms with Crippen LogP contribution in [0.1, 0.15) is 44.7 Å². The molecule has 2 rings (SSSR count). The van der Waals surface area contributed by atoms with Gasteiger partial charge in [-0.2, -0.15) is 0 Å². The van der Waals surface area contributed by atoms with E-state index in [1.165, 1.54) is 12.1 Å². The summed E-state index contributed by atoms with van der Waals surface area (Å²) in [6.07, 6.45) is 0. The number of thiol groups is 1. The van der Waals surface area contributed by atoms with E-state index >= 15 is 0 Å². The largest absolute Gasteiger partial charge is 0.508 e. The van der Waals surface area contributed by atoms with Crippen LogP contribution < -0.4 is 10.2 Å². The summed E-state index contributed by atoms with van der Waals surface area (Å²) in [6, 6.07) is 9.12. The Balaban J connectivity index is 2.58. The monoisotopic (exact) mass is 414 g/mol. The summed E-state index contributed by atoms with van der Waals surface area (Å²) in [5.74, 6) is -1.82. The first-order chi connectivity index (χ1) is 13.5. The molecule has 0 aliphatic rings. The zero-order valence-corrected chi connectivity index (χ0v) is 17.7. The highest BCUT2D eigenvalue weighted by atomic mass is 32.1. The van der Waals surface area contributed by atoms with E-state index in [1.54, 1.807) is 38.1 Å². The second-order valence-electron chi connectivity index (χ2n) is 7.26. The number of benzene rings is 2. The summed E-state index contributed by atoms with van der Waals surface area (Å²) >= 11 is 4.25. The van der Waals surface area contributed by atoms with Crippen LogP contribution in [0, 0.1) is 10.8 Å². The Morgan fingerprint density at radius 2 is 1.62 bits per heavy atom. The van der Waals surface area contributed by atoms with Crippen LogP contribution in [0.4, 0.5) is 5.69 Å². The fourth-order valence-electron chi connectivity index (χ4n) is 2.77. The van der Waals surface area contributed by atoms with Crippen LogP contribution in [0.25, 0.3) is 0 Å². The van der Waals surface area contributed by atoms with Crippen molar-refractivity contribution in [2.75, 3.05) is 4.90 Å². The molecule has 0 atom stereocenters. The lowest BCUT2D eigenvalue weighted by Gasteiger charge is -2.26. The minimum absolute atomic E-state index is 0.0530. The Labute approximate surface area is 175 Å². The SMILES string of the molecule is CC(C)NC(=O)C(=N)N(C(=N)c1cc(C(C)C)c(O)cc1O)c1ccc(S)cc1. The number of nitrogens with zero attached hydrogens (tertiary/aromatic N) is 1. The first kappa shape index (κ1) is 22.3. The first-order valence-corrected chi connectivity index (χ1v) is 9.61. The third-order valence-electron chi connectivity index (χ3n) is 4.21. The molecule has 0 spiro atoms. The van der Waals surface area contributed by atoms with Crippen LogP contribution in [0.2, 0.25) is 0 Å². The van der Waals surface area contributed by atoms with Gasteiger partial charge in [-0.15, -0.1) is 12.6 Å². The van der Waals surface area contributed by atoms with Crippen molar-refractivity contribution in [1.29, 1.82) is 10.8 Å². The molecule has 0 aliphatic heterocycles. The summed E-state index contributed by atoms with van der Waals surface area (Å²) < 4.78 is 0. The van der Waals surface area contributed by atoms with E-state index in [-0.39, 0.29) is 34.9 Å². The first-order valence-electron chi connectivity index (χ1n) is 9.16. The molecule has 5 N–H and O–H groups in total. The van der Waals surface area contributed by atoms with Gasteiger partial charge in [0.1, 0.15) is 17.3 Å². The second-order valence-corrected chi connectivity index (χ2v) is 7.78. The number of rotatable bonds is 4. The fourth-order valence-corrected chi connectivity index (χ4v) is 2.92. The van der Waals surface area contributed by atoms with Crippen molar-refractivity contribution in [1.82, 2.24) is 5.32 Å². The van der Waals surface area contributed by atoms with Crippen molar-refractivity contribution in [3.05, 3.63) is 47.5 Å². The highest BCUT2D eigenvalue weighted by molar-refractivity contribution is 7.80. The minimum Gasteiger partial charge on any atom is -0.508 e. The van der Waals surface area contributed by atoms with E-state index in [0.29, 0.717) is 16.1 Å². The Morgan fingerprint density at radius 1 is 1.03 bits per heavy atom. The van der Waals surface area contributed by atoms with Crippen molar-refractivity contribution in [3.8, 4) is 11.5 Å². The van der Waals surface area contributed by atoms with E-state index < -0.39 is 11.7 Å². The van der Waals surface area contributed by atoms with Gasteiger partial charge in [0.15, 0.2) is 5.84 Å². The molecule has 154 valence electrons. The average molecular weight is 415 g/mol. The van der Waals surface area contributed by atoms with Gasteiger partial charge in [0.05, 0.1) is 5.56 Å². The Kier molecular flexibility index (Phi) is 6.92. The molecule has 0 bridgehead atoms. The Morgan fingerprint density at radius 3 is 2.14 bits per heavy atom. The number of anilines is 1. The molecule has 2 aromatic rings. The van der Waals surface area contributed by atoms with E-state index in [0.717, 1.165) is 4.90 Å². The number of amidine groups is 2. The zero-order valence-electron chi connectivity index (χ0n) is 16.8. The number of phenolic OH excluding ortho intramolecular Hbond substituents is 2. The smallest absolute Gasteiger partial charge is 0.287 e. The second kappa shape index (κ2) is 9.00. The lowest BCUT2D eigenvalue weighted by Crippen LogP contribution is -2.47. The fraction of sp³-hybridized carbons (Fsp3) is 0.286. The molecule has 8 heteroatoms. The lowest BCUT2D eigenvalue weighted by atomic mass is 9.98. The zero-order chi connectivity index (χ0) is 21.9. The maximum atomic E-state index is 12.5. The highest BCUT2D eigenvalue weighted by Crippen LogP contribution is 2.33. The summed E-state index contributed by atoms with van der Waals surface area (Å²) in [4.78, 5) is 14.3. The molecule has 0 aliphatic carbocycles. The van der Waals surface area contributed by atoms with Crippen LogP contribution in [0.5, 0.6) is 11.5 Å². The van der Waals surface area contributed by atoms with E-state index in [4.69, 9.17) is 10.8 Å². The number of aromatic hydroxyl groups is 2. The van der Waals surface area contributed by atoms with Crippen molar-refractivity contribution >= 4 is 35.9 Å². The molecule has 0 unspecified atom stereocenters. The molecular formula is C21H26N4O3S. The standard InChI is InChI=1S/C21H26N4O3S/c1-11(2)15-9-16(18(27)10-17(15)26)19(22)25(13-5-7-14(29)8-6-13)20(23)21(28)24-12(3)4/h5-12,22-23,26-27,29H,1-4H3,(H,24,28). The molecule has 0 saturated heterocycles. The van der Waals surface area contributed by atoms with Crippen LogP contribution >= 0.6 is 12.6 Å². The predicted molar refractivity (Wildman–Crippen MR) is 118 cm³/mol. The van der Waals surface area contributed by atoms with Crippen LogP contribution in [0.15, 0.2) is 41.3 Å². The predicted octanol–water partition coefficient (Wildman–Crippen LogP) is 3.84. The topological polar surface area (TPSA) is 121 Å². The van der Waals surface area contributed by atoms with Gasteiger partial charge in [-0.3, -0.25) is 20.5 Å². The maximum Gasteiger partial charge on any atom is 0.287 e. The molecule has 1 amide bonds. The lowest BCUT2D eigenvalue weighted by molar-refractivity contribution is -0.115. The van der Waals surface area contributed by atoms with E-state index in [2.05, 4.69) is 17.9 Å². The molecule has 0 fully saturated rings. The number of carbonyl (C=O) groups is 1. The maximum absolute atomic E-state index is 12.5. The highest BCUT2D eigenvalue weighted by Gasteiger charge is 2.27. The molecule has 0 saturated carbocycles. The Bertz CT molecular complexity index is 940. The molecule has 0 radical (unpaired) electrons. The van der Waals surface area contributed by atoms with Gasteiger partial charge in [0.25, 0.3) is 5.91 Å². The van der Waals surface area contributed by atoms with Crippen LogP contribution in [-0.4, -0.2) is 33.8 Å². The van der Waals surface area contributed by atoms with Gasteiger partial charge in [0.2, 0.25) is 0 Å². The van der Waals surface area contributed by atoms with Crippen molar-refractivity contribution < 1.29 is 15.0 Å². The van der Waals surface area contributed by atoms with Gasteiger partial charge < -0.3 is 15.5 Å². The average Bonchev–Trinajstić information content (AvgIpc) is 2.62. The molecule has 2 aromatic carbocycles. The van der Waals surface area contributed by atoms with Gasteiger partial charge >= 0.3 is 0 Å². The van der Waals surface area contributed by atoms with Crippen LogP contribution in [-0.2, 0) is 4.79 Å². The summed E-state index contributed by atoms with van der Waals surface area (Å²) in [5, 5.41) is 40.2. The van der Waals surface area contributed by atoms with Crippen LogP contribution in [0.3, 0.4) is 0 Å².